The number of hydrogen-bond donors (Lipinski definition) is 1. The first-order valence-corrected chi connectivity index (χ1v) is 8.69. The number of carbonyl (C=O) groups excluding carboxylic acids is 1. The Kier molecular flexibility index (Phi) is 6.17. The molecule has 0 unspecified atom stereocenters. The fraction of sp³-hybridized carbons (Fsp3) is 0.500. The van der Waals surface area contributed by atoms with E-state index in [1.165, 1.54) is 7.05 Å². The van der Waals surface area contributed by atoms with Crippen molar-refractivity contribution in [3.05, 3.63) is 24.3 Å². The number of carbonyl (C=O) groups is 1. The summed E-state index contributed by atoms with van der Waals surface area (Å²) < 4.78 is 23.5. The number of hydrogen-bond acceptors (Lipinski definition) is 4. The molecule has 0 aliphatic rings. The van der Waals surface area contributed by atoms with Crippen LogP contribution >= 0.6 is 0 Å². The summed E-state index contributed by atoms with van der Waals surface area (Å²) in [4.78, 5) is 14.0. The van der Waals surface area contributed by atoms with Gasteiger partial charge in [0, 0.05) is 31.5 Å². The standard InChI is InChI=1S/C14H23N3O3S/c1-5-17(6-2)13-9-7-12(8-10-13)15-14(18)11-16(3)21(4,19)20/h7-10H,5-6,11H2,1-4H3,(H,15,18). The highest BCUT2D eigenvalue weighted by Gasteiger charge is 2.15. The Morgan fingerprint density at radius 1 is 1.14 bits per heavy atom. The van der Waals surface area contributed by atoms with E-state index in [2.05, 4.69) is 24.1 Å². The summed E-state index contributed by atoms with van der Waals surface area (Å²) in [6, 6.07) is 7.49. The van der Waals surface area contributed by atoms with Gasteiger partial charge in [0.25, 0.3) is 0 Å². The summed E-state index contributed by atoms with van der Waals surface area (Å²) in [6.07, 6.45) is 1.07. The third-order valence-electron chi connectivity index (χ3n) is 3.21. The van der Waals surface area contributed by atoms with Crippen LogP contribution in [0.5, 0.6) is 0 Å². The normalized spacial score (nSPS) is 11.5. The number of amides is 1. The molecule has 0 aliphatic heterocycles. The van der Waals surface area contributed by atoms with Gasteiger partial charge in [0.05, 0.1) is 12.8 Å². The Morgan fingerprint density at radius 2 is 1.67 bits per heavy atom. The third-order valence-corrected chi connectivity index (χ3v) is 4.47. The van der Waals surface area contributed by atoms with Crippen molar-refractivity contribution >= 4 is 27.3 Å². The maximum atomic E-state index is 11.8. The van der Waals surface area contributed by atoms with Gasteiger partial charge in [-0.1, -0.05) is 0 Å². The average Bonchev–Trinajstić information content (AvgIpc) is 2.40. The van der Waals surface area contributed by atoms with E-state index in [4.69, 9.17) is 0 Å². The minimum absolute atomic E-state index is 0.198. The Hall–Kier alpha value is -1.60. The van der Waals surface area contributed by atoms with E-state index in [-0.39, 0.29) is 12.5 Å². The van der Waals surface area contributed by atoms with E-state index in [9.17, 15) is 13.2 Å². The van der Waals surface area contributed by atoms with Crippen molar-refractivity contribution in [1.82, 2.24) is 4.31 Å². The van der Waals surface area contributed by atoms with Crippen molar-refractivity contribution in [3.63, 3.8) is 0 Å². The van der Waals surface area contributed by atoms with Crippen molar-refractivity contribution in [2.45, 2.75) is 13.8 Å². The molecule has 0 atom stereocenters. The van der Waals surface area contributed by atoms with Gasteiger partial charge in [-0.25, -0.2) is 8.42 Å². The maximum Gasteiger partial charge on any atom is 0.239 e. The zero-order chi connectivity index (χ0) is 16.0. The van der Waals surface area contributed by atoms with Crippen molar-refractivity contribution < 1.29 is 13.2 Å². The molecule has 1 aromatic carbocycles. The number of anilines is 2. The molecule has 1 amide bonds. The van der Waals surface area contributed by atoms with Crippen LogP contribution in [0.1, 0.15) is 13.8 Å². The molecule has 0 heterocycles. The second-order valence-electron chi connectivity index (χ2n) is 4.79. The molecule has 0 aromatic heterocycles. The molecule has 1 rings (SSSR count). The lowest BCUT2D eigenvalue weighted by Crippen LogP contribution is -2.34. The van der Waals surface area contributed by atoms with Crippen LogP contribution < -0.4 is 10.2 Å². The van der Waals surface area contributed by atoms with E-state index < -0.39 is 10.0 Å². The van der Waals surface area contributed by atoms with Gasteiger partial charge < -0.3 is 10.2 Å². The van der Waals surface area contributed by atoms with Gasteiger partial charge in [0.2, 0.25) is 15.9 Å². The third kappa shape index (κ3) is 5.35. The van der Waals surface area contributed by atoms with Crippen LogP contribution in [-0.2, 0) is 14.8 Å². The number of benzene rings is 1. The van der Waals surface area contributed by atoms with E-state index in [1.54, 1.807) is 0 Å². The Morgan fingerprint density at radius 3 is 2.10 bits per heavy atom. The Labute approximate surface area is 126 Å². The van der Waals surface area contributed by atoms with Crippen LogP contribution in [0.25, 0.3) is 0 Å². The highest BCUT2D eigenvalue weighted by atomic mass is 32.2. The van der Waals surface area contributed by atoms with Gasteiger partial charge in [-0.2, -0.15) is 4.31 Å². The second kappa shape index (κ2) is 7.42. The molecule has 118 valence electrons. The predicted octanol–water partition coefficient (Wildman–Crippen LogP) is 1.36. The lowest BCUT2D eigenvalue weighted by Gasteiger charge is -2.21. The summed E-state index contributed by atoms with van der Waals surface area (Å²) in [5, 5.41) is 2.68. The quantitative estimate of drug-likeness (QED) is 0.825. The van der Waals surface area contributed by atoms with Crippen LogP contribution in [0.2, 0.25) is 0 Å². The van der Waals surface area contributed by atoms with Crippen molar-refractivity contribution in [2.75, 3.05) is 43.2 Å². The number of nitrogens with one attached hydrogen (secondary N) is 1. The van der Waals surface area contributed by atoms with Gasteiger partial charge in [0.15, 0.2) is 0 Å². The number of sulfonamides is 1. The molecule has 0 bridgehead atoms. The van der Waals surface area contributed by atoms with Crippen LogP contribution in [0.3, 0.4) is 0 Å². The van der Waals surface area contributed by atoms with Crippen LogP contribution in [-0.4, -0.2) is 51.6 Å². The van der Waals surface area contributed by atoms with Crippen LogP contribution in [0, 0.1) is 0 Å². The lowest BCUT2D eigenvalue weighted by molar-refractivity contribution is -0.116. The maximum absolute atomic E-state index is 11.8. The highest BCUT2D eigenvalue weighted by molar-refractivity contribution is 7.88. The van der Waals surface area contributed by atoms with Crippen molar-refractivity contribution in [2.24, 2.45) is 0 Å². The molecule has 0 spiro atoms. The molecule has 0 saturated heterocycles. The SMILES string of the molecule is CCN(CC)c1ccc(NC(=O)CN(C)S(C)(=O)=O)cc1. The van der Waals surface area contributed by atoms with Gasteiger partial charge in [-0.3, -0.25) is 4.79 Å². The molecule has 1 aromatic rings. The molecular weight excluding hydrogens is 290 g/mol. The Balaban J connectivity index is 2.66. The smallest absolute Gasteiger partial charge is 0.239 e. The van der Waals surface area contributed by atoms with Gasteiger partial charge in [-0.05, 0) is 38.1 Å². The summed E-state index contributed by atoms with van der Waals surface area (Å²) in [7, 11) is -1.98. The topological polar surface area (TPSA) is 69.7 Å². The van der Waals surface area contributed by atoms with Crippen LogP contribution in [0.4, 0.5) is 11.4 Å². The molecule has 21 heavy (non-hydrogen) atoms. The molecule has 0 radical (unpaired) electrons. The Bertz CT molecular complexity index is 566. The predicted molar refractivity (Wildman–Crippen MR) is 86.1 cm³/mol. The first-order chi connectivity index (χ1) is 9.77. The molecule has 1 N–H and O–H groups in total. The number of rotatable bonds is 7. The van der Waals surface area contributed by atoms with Gasteiger partial charge in [0.1, 0.15) is 0 Å². The lowest BCUT2D eigenvalue weighted by atomic mass is 10.2. The molecular formula is C14H23N3O3S. The number of likely N-dealkylation sites (N-methyl/N-ethyl adjacent to an activating group) is 1. The molecule has 0 aliphatic carbocycles. The fourth-order valence-corrected chi connectivity index (χ4v) is 2.22. The number of nitrogens with zero attached hydrogens (tertiary/aromatic N) is 2. The second-order valence-corrected chi connectivity index (χ2v) is 6.88. The molecule has 0 fully saturated rings. The molecule has 6 nitrogen and oxygen atoms in total. The van der Waals surface area contributed by atoms with E-state index >= 15 is 0 Å². The van der Waals surface area contributed by atoms with Gasteiger partial charge in [-0.15, -0.1) is 0 Å². The fourth-order valence-electron chi connectivity index (χ4n) is 1.86. The van der Waals surface area contributed by atoms with E-state index in [0.717, 1.165) is 29.3 Å². The molecule has 7 heteroatoms. The zero-order valence-electron chi connectivity index (χ0n) is 13.0. The minimum Gasteiger partial charge on any atom is -0.372 e. The van der Waals surface area contributed by atoms with Crippen molar-refractivity contribution in [3.8, 4) is 0 Å². The van der Waals surface area contributed by atoms with E-state index in [0.29, 0.717) is 5.69 Å². The summed E-state index contributed by atoms with van der Waals surface area (Å²) in [6.45, 7) is 5.81. The monoisotopic (exact) mass is 313 g/mol. The molecule has 0 saturated carbocycles. The highest BCUT2D eigenvalue weighted by Crippen LogP contribution is 2.17. The van der Waals surface area contributed by atoms with E-state index in [1.807, 2.05) is 24.3 Å². The summed E-state index contributed by atoms with van der Waals surface area (Å²) >= 11 is 0. The average molecular weight is 313 g/mol. The summed E-state index contributed by atoms with van der Waals surface area (Å²) in [5.41, 5.74) is 1.74. The first kappa shape index (κ1) is 17.5. The largest absolute Gasteiger partial charge is 0.372 e. The van der Waals surface area contributed by atoms with Gasteiger partial charge >= 0.3 is 0 Å². The minimum atomic E-state index is -3.35. The first-order valence-electron chi connectivity index (χ1n) is 6.84. The summed E-state index contributed by atoms with van der Waals surface area (Å²) in [5.74, 6) is -0.362. The van der Waals surface area contributed by atoms with Crippen molar-refractivity contribution in [1.29, 1.82) is 0 Å². The zero-order valence-corrected chi connectivity index (χ0v) is 13.8. The van der Waals surface area contributed by atoms with Crippen LogP contribution in [0.15, 0.2) is 24.3 Å².